The minimum absolute atomic E-state index is 0.0732. The zero-order valence-electron chi connectivity index (χ0n) is 12.3. The molecule has 0 aliphatic carbocycles. The summed E-state index contributed by atoms with van der Waals surface area (Å²) in [6.45, 7) is 2.70. The molecule has 3 rings (SSSR count). The monoisotopic (exact) mass is 294 g/mol. The van der Waals surface area contributed by atoms with Crippen LogP contribution in [0.1, 0.15) is 18.5 Å². The number of nitrogens with one attached hydrogen (secondary N) is 3. The van der Waals surface area contributed by atoms with E-state index in [0.29, 0.717) is 6.54 Å². The Morgan fingerprint density at radius 3 is 2.82 bits per heavy atom. The van der Waals surface area contributed by atoms with Gasteiger partial charge in [0.1, 0.15) is 6.04 Å². The normalized spacial score (nSPS) is 12.2. The summed E-state index contributed by atoms with van der Waals surface area (Å²) >= 11 is 0. The third-order valence-corrected chi connectivity index (χ3v) is 3.51. The second kappa shape index (κ2) is 6.41. The van der Waals surface area contributed by atoms with Crippen molar-refractivity contribution in [2.45, 2.75) is 13.0 Å². The van der Waals surface area contributed by atoms with E-state index in [1.807, 2.05) is 55.5 Å². The summed E-state index contributed by atoms with van der Waals surface area (Å²) in [5, 5.41) is 14.0. The molecule has 1 aromatic heterocycles. The summed E-state index contributed by atoms with van der Waals surface area (Å²) in [7, 11) is 0. The Morgan fingerprint density at radius 1 is 1.23 bits per heavy atom. The first-order valence-electron chi connectivity index (χ1n) is 7.30. The van der Waals surface area contributed by atoms with Crippen LogP contribution in [0.3, 0.4) is 0 Å². The van der Waals surface area contributed by atoms with Gasteiger partial charge in [0.2, 0.25) is 5.91 Å². The van der Waals surface area contributed by atoms with Gasteiger partial charge in [-0.1, -0.05) is 37.3 Å². The van der Waals surface area contributed by atoms with Gasteiger partial charge in [0.25, 0.3) is 0 Å². The number of rotatable bonds is 5. The average molecular weight is 294 g/mol. The topological polar surface area (TPSA) is 69.8 Å². The Morgan fingerprint density at radius 2 is 2.05 bits per heavy atom. The zero-order valence-corrected chi connectivity index (χ0v) is 12.3. The van der Waals surface area contributed by atoms with Crippen LogP contribution in [0.4, 0.5) is 5.69 Å². The van der Waals surface area contributed by atoms with E-state index in [4.69, 9.17) is 0 Å². The van der Waals surface area contributed by atoms with E-state index in [1.54, 1.807) is 6.20 Å². The predicted octanol–water partition coefficient (Wildman–Crippen LogP) is 2.85. The van der Waals surface area contributed by atoms with Gasteiger partial charge in [-0.2, -0.15) is 5.10 Å². The quantitative estimate of drug-likeness (QED) is 0.677. The Hall–Kier alpha value is -2.66. The first-order valence-corrected chi connectivity index (χ1v) is 7.30. The highest BCUT2D eigenvalue weighted by atomic mass is 16.2. The molecule has 0 saturated carbocycles. The van der Waals surface area contributed by atoms with Crippen LogP contribution in [0, 0.1) is 0 Å². The first-order chi connectivity index (χ1) is 10.8. The summed E-state index contributed by atoms with van der Waals surface area (Å²) in [6.07, 6.45) is 1.74. The maximum absolute atomic E-state index is 12.6. The number of benzene rings is 2. The van der Waals surface area contributed by atoms with E-state index in [9.17, 15) is 4.79 Å². The van der Waals surface area contributed by atoms with Crippen LogP contribution in [-0.4, -0.2) is 22.6 Å². The van der Waals surface area contributed by atoms with Crippen molar-refractivity contribution in [3.05, 3.63) is 60.3 Å². The van der Waals surface area contributed by atoms with E-state index < -0.39 is 0 Å². The molecular formula is C17H18N4O. The van der Waals surface area contributed by atoms with Gasteiger partial charge in [0.15, 0.2) is 0 Å². The highest BCUT2D eigenvalue weighted by molar-refractivity contribution is 5.97. The van der Waals surface area contributed by atoms with E-state index in [-0.39, 0.29) is 11.9 Å². The average Bonchev–Trinajstić information content (AvgIpc) is 3.01. The van der Waals surface area contributed by atoms with E-state index in [2.05, 4.69) is 20.8 Å². The third kappa shape index (κ3) is 2.99. The van der Waals surface area contributed by atoms with Gasteiger partial charge in [0, 0.05) is 11.1 Å². The van der Waals surface area contributed by atoms with Crippen LogP contribution in [0.5, 0.6) is 0 Å². The van der Waals surface area contributed by atoms with Crippen molar-refractivity contribution in [3.63, 3.8) is 0 Å². The summed E-state index contributed by atoms with van der Waals surface area (Å²) < 4.78 is 0. The molecule has 0 spiro atoms. The number of aromatic amines is 1. The van der Waals surface area contributed by atoms with Gasteiger partial charge in [-0.15, -0.1) is 0 Å². The largest absolute Gasteiger partial charge is 0.324 e. The molecule has 0 radical (unpaired) electrons. The minimum Gasteiger partial charge on any atom is -0.324 e. The molecule has 22 heavy (non-hydrogen) atoms. The Bertz CT molecular complexity index is 766. The van der Waals surface area contributed by atoms with Crippen LogP contribution in [0.2, 0.25) is 0 Å². The molecule has 112 valence electrons. The van der Waals surface area contributed by atoms with Crippen LogP contribution in [-0.2, 0) is 4.79 Å². The van der Waals surface area contributed by atoms with Gasteiger partial charge in [-0.3, -0.25) is 9.89 Å². The highest BCUT2D eigenvalue weighted by Gasteiger charge is 2.19. The minimum atomic E-state index is -0.369. The van der Waals surface area contributed by atoms with Crippen molar-refractivity contribution >= 4 is 22.5 Å². The molecule has 0 aliphatic heterocycles. The molecule has 1 amide bonds. The van der Waals surface area contributed by atoms with Crippen LogP contribution >= 0.6 is 0 Å². The number of anilines is 1. The van der Waals surface area contributed by atoms with Crippen molar-refractivity contribution in [1.29, 1.82) is 0 Å². The molecule has 3 N–H and O–H groups in total. The molecule has 1 heterocycles. The van der Waals surface area contributed by atoms with E-state index in [0.717, 1.165) is 22.2 Å². The number of likely N-dealkylation sites (N-methyl/N-ethyl adjacent to an activating group) is 1. The molecule has 0 fully saturated rings. The fourth-order valence-corrected chi connectivity index (χ4v) is 2.45. The van der Waals surface area contributed by atoms with Gasteiger partial charge in [-0.25, -0.2) is 0 Å². The lowest BCUT2D eigenvalue weighted by Crippen LogP contribution is -2.32. The second-order valence-electron chi connectivity index (χ2n) is 5.06. The lowest BCUT2D eigenvalue weighted by molar-refractivity contribution is -0.118. The number of nitrogens with zero attached hydrogens (tertiary/aromatic N) is 1. The molecule has 5 nitrogen and oxygen atoms in total. The number of fused-ring (bicyclic) bond motifs is 1. The third-order valence-electron chi connectivity index (χ3n) is 3.51. The van der Waals surface area contributed by atoms with Crippen molar-refractivity contribution in [2.75, 3.05) is 11.9 Å². The number of aromatic nitrogens is 2. The summed E-state index contributed by atoms with van der Waals surface area (Å²) in [4.78, 5) is 12.6. The number of H-pyrrole nitrogens is 1. The van der Waals surface area contributed by atoms with Gasteiger partial charge in [0.05, 0.1) is 11.7 Å². The maximum atomic E-state index is 12.6. The summed E-state index contributed by atoms with van der Waals surface area (Å²) in [6, 6.07) is 15.0. The maximum Gasteiger partial charge on any atom is 0.246 e. The van der Waals surface area contributed by atoms with Crippen LogP contribution in [0.15, 0.2) is 54.7 Å². The van der Waals surface area contributed by atoms with Gasteiger partial charge >= 0.3 is 0 Å². The lowest BCUT2D eigenvalue weighted by atomic mass is 10.1. The summed E-state index contributed by atoms with van der Waals surface area (Å²) in [5.74, 6) is -0.0732. The molecule has 2 aromatic carbocycles. The number of carbonyl (C=O) groups is 1. The predicted molar refractivity (Wildman–Crippen MR) is 87.6 cm³/mol. The molecule has 3 aromatic rings. The van der Waals surface area contributed by atoms with E-state index in [1.165, 1.54) is 0 Å². The molecule has 0 saturated heterocycles. The van der Waals surface area contributed by atoms with E-state index >= 15 is 0 Å². The standard InChI is InChI=1S/C17H18N4O/c1-2-18-16(12-6-4-3-5-7-12)17(22)20-14-8-9-15-13(10-14)11-19-21-15/h3-11,16,18H,2H2,1H3,(H,19,21)(H,20,22). The molecule has 1 atom stereocenters. The zero-order chi connectivity index (χ0) is 15.4. The molecule has 1 unspecified atom stereocenters. The van der Waals surface area contributed by atoms with Crippen molar-refractivity contribution in [1.82, 2.24) is 15.5 Å². The summed E-state index contributed by atoms with van der Waals surface area (Å²) in [5.41, 5.74) is 2.66. The fraction of sp³-hybridized carbons (Fsp3) is 0.176. The number of amides is 1. The van der Waals surface area contributed by atoms with Crippen LogP contribution < -0.4 is 10.6 Å². The fourth-order valence-electron chi connectivity index (χ4n) is 2.45. The Balaban J connectivity index is 1.81. The molecule has 0 bridgehead atoms. The van der Waals surface area contributed by atoms with Crippen LogP contribution in [0.25, 0.3) is 10.9 Å². The highest BCUT2D eigenvalue weighted by Crippen LogP contribution is 2.19. The van der Waals surface area contributed by atoms with Gasteiger partial charge in [-0.05, 0) is 30.3 Å². The molecule has 5 heteroatoms. The van der Waals surface area contributed by atoms with Gasteiger partial charge < -0.3 is 10.6 Å². The molecular weight excluding hydrogens is 276 g/mol. The first kappa shape index (κ1) is 14.3. The Kier molecular flexibility index (Phi) is 4.16. The van der Waals surface area contributed by atoms with Crippen molar-refractivity contribution in [3.8, 4) is 0 Å². The number of hydrogen-bond acceptors (Lipinski definition) is 3. The Labute approximate surface area is 128 Å². The lowest BCUT2D eigenvalue weighted by Gasteiger charge is -2.18. The number of carbonyl (C=O) groups excluding carboxylic acids is 1. The van der Waals surface area contributed by atoms with Crippen molar-refractivity contribution in [2.24, 2.45) is 0 Å². The smallest absolute Gasteiger partial charge is 0.246 e. The second-order valence-corrected chi connectivity index (χ2v) is 5.06. The van der Waals surface area contributed by atoms with Crippen molar-refractivity contribution < 1.29 is 4.79 Å². The number of hydrogen-bond donors (Lipinski definition) is 3. The SMILES string of the molecule is CCNC(C(=O)Nc1ccc2[nH]ncc2c1)c1ccccc1. The molecule has 0 aliphatic rings.